The Morgan fingerprint density at radius 1 is 0.906 bits per heavy atom. The van der Waals surface area contributed by atoms with E-state index in [4.69, 9.17) is 17.0 Å². The quantitative estimate of drug-likeness (QED) is 0.393. The summed E-state index contributed by atoms with van der Waals surface area (Å²) in [6, 6.07) is 13.9. The second kappa shape index (κ2) is 11.2. The molecule has 3 amide bonds. The first-order chi connectivity index (χ1) is 15.1. The summed E-state index contributed by atoms with van der Waals surface area (Å²) in [5.74, 6) is -0.465. The highest BCUT2D eigenvalue weighted by atomic mass is 32.1. The first kappa shape index (κ1) is 24.8. The van der Waals surface area contributed by atoms with Crippen molar-refractivity contribution in [2.45, 2.75) is 39.5 Å². The zero-order chi connectivity index (χ0) is 23.7. The lowest BCUT2D eigenvalue weighted by atomic mass is 9.87. The molecule has 170 valence electrons. The average molecular weight is 457 g/mol. The molecule has 0 unspecified atom stereocenters. The molecule has 0 spiro atoms. The minimum atomic E-state index is -0.465. The minimum Gasteiger partial charge on any atom is -0.484 e. The van der Waals surface area contributed by atoms with Crippen molar-refractivity contribution in [3.8, 4) is 5.75 Å². The third-order valence-corrected chi connectivity index (χ3v) is 4.59. The van der Waals surface area contributed by atoms with Gasteiger partial charge in [0, 0.05) is 17.7 Å². The predicted molar refractivity (Wildman–Crippen MR) is 127 cm³/mol. The molecule has 0 bridgehead atoms. The highest BCUT2D eigenvalue weighted by Crippen LogP contribution is 2.24. The largest absolute Gasteiger partial charge is 0.484 e. The fraction of sp³-hybridized carbons (Fsp3) is 0.304. The molecule has 0 heterocycles. The van der Waals surface area contributed by atoms with Gasteiger partial charge in [0.2, 0.25) is 5.91 Å². The van der Waals surface area contributed by atoms with Gasteiger partial charge >= 0.3 is 0 Å². The number of rotatable bonds is 6. The molecule has 8 nitrogen and oxygen atoms in total. The summed E-state index contributed by atoms with van der Waals surface area (Å²) in [6.45, 7) is 7.87. The van der Waals surface area contributed by atoms with E-state index >= 15 is 0 Å². The van der Waals surface area contributed by atoms with E-state index in [0.29, 0.717) is 23.4 Å². The van der Waals surface area contributed by atoms with Crippen molar-refractivity contribution < 1.29 is 19.1 Å². The first-order valence-corrected chi connectivity index (χ1v) is 10.5. The Labute approximate surface area is 193 Å². The van der Waals surface area contributed by atoms with Crippen LogP contribution in [0.3, 0.4) is 0 Å². The number of anilines is 1. The normalized spacial score (nSPS) is 10.6. The monoisotopic (exact) mass is 456 g/mol. The summed E-state index contributed by atoms with van der Waals surface area (Å²) in [5, 5.41) is 5.05. The van der Waals surface area contributed by atoms with Gasteiger partial charge in [0.1, 0.15) is 5.75 Å². The van der Waals surface area contributed by atoms with Crippen molar-refractivity contribution in [1.82, 2.24) is 16.2 Å². The van der Waals surface area contributed by atoms with Crippen LogP contribution in [0.15, 0.2) is 48.5 Å². The van der Waals surface area contributed by atoms with Gasteiger partial charge in [-0.1, -0.05) is 39.8 Å². The molecule has 0 fully saturated rings. The van der Waals surface area contributed by atoms with E-state index in [-0.39, 0.29) is 23.0 Å². The van der Waals surface area contributed by atoms with Gasteiger partial charge in [-0.15, -0.1) is 0 Å². The van der Waals surface area contributed by atoms with Crippen LogP contribution in [0.25, 0.3) is 0 Å². The van der Waals surface area contributed by atoms with Crippen molar-refractivity contribution in [3.05, 3.63) is 59.7 Å². The van der Waals surface area contributed by atoms with Gasteiger partial charge in [0.05, 0.1) is 0 Å². The van der Waals surface area contributed by atoms with E-state index in [1.54, 1.807) is 31.2 Å². The smallest absolute Gasteiger partial charge is 0.269 e. The standard InChI is InChI=1S/C23H28N4O4S/c1-5-19(28)24-17-10-6-15(7-11-17)21(30)26-27-22(32)25-20(29)14-31-18-12-8-16(9-13-18)23(2,3)4/h6-13H,5,14H2,1-4H3,(H,24,28)(H,26,30)(H2,25,27,29,32). The van der Waals surface area contributed by atoms with Crippen molar-refractivity contribution in [1.29, 1.82) is 0 Å². The van der Waals surface area contributed by atoms with Crippen LogP contribution < -0.4 is 26.2 Å². The molecule has 0 saturated carbocycles. The van der Waals surface area contributed by atoms with E-state index in [9.17, 15) is 14.4 Å². The molecule has 0 aliphatic rings. The number of carbonyl (C=O) groups excluding carboxylic acids is 3. The van der Waals surface area contributed by atoms with E-state index in [1.165, 1.54) is 0 Å². The predicted octanol–water partition coefficient (Wildman–Crippen LogP) is 3.05. The molecule has 2 aromatic carbocycles. The molecule has 2 aromatic rings. The highest BCUT2D eigenvalue weighted by molar-refractivity contribution is 7.80. The molecule has 0 aliphatic carbocycles. The Hall–Kier alpha value is -3.46. The fourth-order valence-electron chi connectivity index (χ4n) is 2.53. The summed E-state index contributed by atoms with van der Waals surface area (Å²) in [4.78, 5) is 35.6. The number of benzene rings is 2. The Morgan fingerprint density at radius 3 is 2.09 bits per heavy atom. The van der Waals surface area contributed by atoms with Crippen LogP contribution >= 0.6 is 12.2 Å². The molecule has 0 radical (unpaired) electrons. The number of ether oxygens (including phenoxy) is 1. The summed E-state index contributed by atoms with van der Waals surface area (Å²) in [7, 11) is 0. The van der Waals surface area contributed by atoms with Gasteiger partial charge in [0.15, 0.2) is 11.7 Å². The van der Waals surface area contributed by atoms with Crippen molar-refractivity contribution in [3.63, 3.8) is 0 Å². The number of nitrogens with one attached hydrogen (secondary N) is 4. The maximum absolute atomic E-state index is 12.2. The number of carbonyl (C=O) groups is 3. The number of hydrogen-bond donors (Lipinski definition) is 4. The summed E-state index contributed by atoms with van der Waals surface area (Å²) < 4.78 is 5.46. The maximum atomic E-state index is 12.2. The van der Waals surface area contributed by atoms with Crippen LogP contribution in [0, 0.1) is 0 Å². The average Bonchev–Trinajstić information content (AvgIpc) is 2.76. The lowest BCUT2D eigenvalue weighted by Gasteiger charge is -2.19. The molecule has 9 heteroatoms. The number of thiocarbonyl (C=S) groups is 1. The zero-order valence-electron chi connectivity index (χ0n) is 18.6. The molecular weight excluding hydrogens is 428 g/mol. The molecule has 4 N–H and O–H groups in total. The SMILES string of the molecule is CCC(=O)Nc1ccc(C(=O)NNC(=S)NC(=O)COc2ccc(C(C)(C)C)cc2)cc1. The van der Waals surface area contributed by atoms with Crippen molar-refractivity contribution in [2.24, 2.45) is 0 Å². The Morgan fingerprint density at radius 2 is 1.53 bits per heavy atom. The van der Waals surface area contributed by atoms with E-state index in [1.807, 2.05) is 24.3 Å². The number of amides is 3. The molecular formula is C23H28N4O4S. The van der Waals surface area contributed by atoms with Crippen LogP contribution in [-0.2, 0) is 15.0 Å². The van der Waals surface area contributed by atoms with Crippen LogP contribution in [-0.4, -0.2) is 29.4 Å². The van der Waals surface area contributed by atoms with Crippen molar-refractivity contribution >= 4 is 40.7 Å². The molecule has 2 rings (SSSR count). The van der Waals surface area contributed by atoms with E-state index in [2.05, 4.69) is 42.3 Å². The summed E-state index contributed by atoms with van der Waals surface area (Å²) >= 11 is 5.01. The van der Waals surface area contributed by atoms with Gasteiger partial charge in [-0.05, 0) is 59.6 Å². The second-order valence-electron chi connectivity index (χ2n) is 8.00. The molecule has 0 aromatic heterocycles. The third-order valence-electron chi connectivity index (χ3n) is 4.38. The molecule has 32 heavy (non-hydrogen) atoms. The van der Waals surface area contributed by atoms with Crippen LogP contribution in [0.4, 0.5) is 5.69 Å². The number of hydrazine groups is 1. The highest BCUT2D eigenvalue weighted by Gasteiger charge is 2.13. The Kier molecular flexibility index (Phi) is 8.71. The molecule has 0 atom stereocenters. The Balaban J connectivity index is 1.74. The first-order valence-electron chi connectivity index (χ1n) is 10.1. The van der Waals surface area contributed by atoms with Crippen LogP contribution in [0.1, 0.15) is 50.0 Å². The fourth-order valence-corrected chi connectivity index (χ4v) is 2.70. The van der Waals surface area contributed by atoms with Crippen molar-refractivity contribution in [2.75, 3.05) is 11.9 Å². The second-order valence-corrected chi connectivity index (χ2v) is 8.41. The topological polar surface area (TPSA) is 109 Å². The van der Waals surface area contributed by atoms with E-state index < -0.39 is 11.8 Å². The van der Waals surface area contributed by atoms with Crippen LogP contribution in [0.2, 0.25) is 0 Å². The molecule has 0 saturated heterocycles. The maximum Gasteiger partial charge on any atom is 0.269 e. The summed E-state index contributed by atoms with van der Waals surface area (Å²) in [5.41, 5.74) is 7.00. The third kappa shape index (κ3) is 7.99. The zero-order valence-corrected chi connectivity index (χ0v) is 19.4. The Bertz CT molecular complexity index is 967. The number of hydrogen-bond acceptors (Lipinski definition) is 5. The van der Waals surface area contributed by atoms with Gasteiger partial charge in [-0.2, -0.15) is 0 Å². The lowest BCUT2D eigenvalue weighted by molar-refractivity contribution is -0.121. The molecule has 0 aliphatic heterocycles. The van der Waals surface area contributed by atoms with Crippen LogP contribution in [0.5, 0.6) is 5.75 Å². The van der Waals surface area contributed by atoms with Gasteiger partial charge in [-0.3, -0.25) is 30.6 Å². The lowest BCUT2D eigenvalue weighted by Crippen LogP contribution is -2.49. The summed E-state index contributed by atoms with van der Waals surface area (Å²) in [6.07, 6.45) is 0.365. The van der Waals surface area contributed by atoms with Gasteiger partial charge < -0.3 is 10.1 Å². The van der Waals surface area contributed by atoms with Gasteiger partial charge in [-0.25, -0.2) is 0 Å². The van der Waals surface area contributed by atoms with Gasteiger partial charge in [0.25, 0.3) is 11.8 Å². The van der Waals surface area contributed by atoms with E-state index in [0.717, 1.165) is 5.56 Å². The minimum absolute atomic E-state index is 0.0330.